The Morgan fingerprint density at radius 2 is 2.16 bits per heavy atom. The number of pyridine rings is 1. The van der Waals surface area contributed by atoms with Crippen LogP contribution in [-0.2, 0) is 4.79 Å². The summed E-state index contributed by atoms with van der Waals surface area (Å²) >= 11 is 3.35. The molecule has 1 amide bonds. The molecule has 2 rings (SSSR count). The van der Waals surface area contributed by atoms with Crippen molar-refractivity contribution in [3.8, 4) is 0 Å². The maximum absolute atomic E-state index is 12.1. The molecule has 1 aliphatic rings. The van der Waals surface area contributed by atoms with Crippen LogP contribution in [0.3, 0.4) is 0 Å². The summed E-state index contributed by atoms with van der Waals surface area (Å²) in [6, 6.07) is 3.77. The summed E-state index contributed by atoms with van der Waals surface area (Å²) in [5, 5.41) is 0. The lowest BCUT2D eigenvalue weighted by molar-refractivity contribution is -0.118. The summed E-state index contributed by atoms with van der Waals surface area (Å²) in [4.78, 5) is 18.0. The van der Waals surface area contributed by atoms with Gasteiger partial charge in [0.05, 0.1) is 0 Å². The zero-order chi connectivity index (χ0) is 13.7. The Bertz CT molecular complexity index is 413. The van der Waals surface area contributed by atoms with Crippen molar-refractivity contribution in [2.45, 2.75) is 44.9 Å². The largest absolute Gasteiger partial charge is 0.300 e. The van der Waals surface area contributed by atoms with Gasteiger partial charge in [-0.3, -0.25) is 9.69 Å². The highest BCUT2D eigenvalue weighted by molar-refractivity contribution is 9.10. The normalized spacial score (nSPS) is 15.7. The topological polar surface area (TPSA) is 33.2 Å². The van der Waals surface area contributed by atoms with E-state index in [0.717, 1.165) is 16.8 Å². The van der Waals surface area contributed by atoms with Crippen LogP contribution in [0, 0.1) is 5.92 Å². The third-order valence-electron chi connectivity index (χ3n) is 3.91. The van der Waals surface area contributed by atoms with Gasteiger partial charge in [-0.05, 0) is 46.8 Å². The van der Waals surface area contributed by atoms with E-state index in [1.165, 1.54) is 32.1 Å². The summed E-state index contributed by atoms with van der Waals surface area (Å²) in [6.07, 6.45) is 10.0. The van der Waals surface area contributed by atoms with E-state index in [0.29, 0.717) is 12.2 Å². The van der Waals surface area contributed by atoms with Crippen LogP contribution in [0.1, 0.15) is 44.9 Å². The molecule has 1 fully saturated rings. The summed E-state index contributed by atoms with van der Waals surface area (Å²) in [5.41, 5.74) is 0. The van der Waals surface area contributed by atoms with Crippen molar-refractivity contribution in [3.05, 3.63) is 22.8 Å². The van der Waals surface area contributed by atoms with E-state index in [1.807, 2.05) is 12.1 Å². The maximum Gasteiger partial charge on any atom is 0.227 e. The number of aromatic nitrogens is 1. The smallest absolute Gasteiger partial charge is 0.227 e. The molecule has 0 radical (unpaired) electrons. The zero-order valence-electron chi connectivity index (χ0n) is 11.4. The molecule has 1 heterocycles. The number of amides is 1. The minimum absolute atomic E-state index is 0.160. The second-order valence-electron chi connectivity index (χ2n) is 5.33. The van der Waals surface area contributed by atoms with Gasteiger partial charge in [0.2, 0.25) is 5.91 Å². The van der Waals surface area contributed by atoms with Gasteiger partial charge < -0.3 is 0 Å². The molecular formula is C15H21BrN2O. The van der Waals surface area contributed by atoms with Crippen LogP contribution < -0.4 is 4.90 Å². The van der Waals surface area contributed by atoms with Gasteiger partial charge in [0.25, 0.3) is 0 Å². The fourth-order valence-corrected chi connectivity index (χ4v) is 2.94. The van der Waals surface area contributed by atoms with Crippen LogP contribution in [0.2, 0.25) is 0 Å². The highest BCUT2D eigenvalue weighted by Gasteiger charge is 2.16. The Balaban J connectivity index is 1.77. The van der Waals surface area contributed by atoms with E-state index < -0.39 is 0 Å². The first kappa shape index (κ1) is 14.5. The first-order valence-corrected chi connectivity index (χ1v) is 7.84. The van der Waals surface area contributed by atoms with Gasteiger partial charge >= 0.3 is 0 Å². The van der Waals surface area contributed by atoms with Crippen molar-refractivity contribution in [1.29, 1.82) is 0 Å². The van der Waals surface area contributed by atoms with Crippen LogP contribution in [0.15, 0.2) is 22.8 Å². The molecule has 0 aliphatic heterocycles. The first-order chi connectivity index (χ1) is 9.16. The lowest BCUT2D eigenvalue weighted by Crippen LogP contribution is -2.26. The number of nitrogens with zero attached hydrogens (tertiary/aromatic N) is 2. The van der Waals surface area contributed by atoms with Gasteiger partial charge in [-0.2, -0.15) is 0 Å². The summed E-state index contributed by atoms with van der Waals surface area (Å²) in [5.74, 6) is 1.74. The number of halogens is 1. The van der Waals surface area contributed by atoms with Crippen LogP contribution in [0.4, 0.5) is 5.82 Å². The number of carbonyl (C=O) groups excluding carboxylic acids is 1. The van der Waals surface area contributed by atoms with E-state index in [-0.39, 0.29) is 5.91 Å². The Hall–Kier alpha value is -0.900. The predicted octanol–water partition coefficient (Wildman–Crippen LogP) is 4.17. The van der Waals surface area contributed by atoms with Crippen molar-refractivity contribution in [2.75, 3.05) is 11.9 Å². The molecule has 19 heavy (non-hydrogen) atoms. The molecular weight excluding hydrogens is 304 g/mol. The molecule has 1 aliphatic carbocycles. The fourth-order valence-electron chi connectivity index (χ4n) is 2.70. The Kier molecular flexibility index (Phi) is 5.37. The molecule has 0 unspecified atom stereocenters. The van der Waals surface area contributed by atoms with E-state index >= 15 is 0 Å². The Morgan fingerprint density at radius 3 is 2.79 bits per heavy atom. The second-order valence-corrected chi connectivity index (χ2v) is 6.25. The standard InChI is InChI=1S/C15H21BrN2O/c1-18(14-10-9-13(16)11-17-14)15(19)8-4-7-12-5-2-3-6-12/h9-12H,2-8H2,1H3. The minimum atomic E-state index is 0.160. The Morgan fingerprint density at radius 1 is 1.42 bits per heavy atom. The quantitative estimate of drug-likeness (QED) is 0.814. The predicted molar refractivity (Wildman–Crippen MR) is 81.2 cm³/mol. The first-order valence-electron chi connectivity index (χ1n) is 7.05. The molecule has 1 saturated carbocycles. The van der Waals surface area contributed by atoms with Crippen molar-refractivity contribution in [1.82, 2.24) is 4.98 Å². The van der Waals surface area contributed by atoms with E-state index in [9.17, 15) is 4.79 Å². The number of hydrogen-bond donors (Lipinski definition) is 0. The molecule has 0 aromatic carbocycles. The second kappa shape index (κ2) is 7.04. The lowest BCUT2D eigenvalue weighted by Gasteiger charge is -2.16. The maximum atomic E-state index is 12.1. The highest BCUT2D eigenvalue weighted by atomic mass is 79.9. The highest BCUT2D eigenvalue weighted by Crippen LogP contribution is 2.29. The van der Waals surface area contributed by atoms with Gasteiger partial charge in [0.15, 0.2) is 0 Å². The average molecular weight is 325 g/mol. The number of anilines is 1. The molecule has 1 aromatic heterocycles. The third kappa shape index (κ3) is 4.30. The lowest BCUT2D eigenvalue weighted by atomic mass is 10.0. The van der Waals surface area contributed by atoms with Gasteiger partial charge in [0.1, 0.15) is 5.82 Å². The zero-order valence-corrected chi connectivity index (χ0v) is 13.0. The van der Waals surface area contributed by atoms with Crippen molar-refractivity contribution >= 4 is 27.7 Å². The van der Waals surface area contributed by atoms with E-state index in [4.69, 9.17) is 0 Å². The van der Waals surface area contributed by atoms with Gasteiger partial charge in [-0.25, -0.2) is 4.98 Å². The van der Waals surface area contributed by atoms with Crippen LogP contribution >= 0.6 is 15.9 Å². The van der Waals surface area contributed by atoms with Gasteiger partial charge in [0, 0.05) is 24.1 Å². The molecule has 0 spiro atoms. The van der Waals surface area contributed by atoms with Crippen LogP contribution in [0.5, 0.6) is 0 Å². The fraction of sp³-hybridized carbons (Fsp3) is 0.600. The monoisotopic (exact) mass is 324 g/mol. The molecule has 0 N–H and O–H groups in total. The van der Waals surface area contributed by atoms with Crippen molar-refractivity contribution in [2.24, 2.45) is 5.92 Å². The molecule has 4 heteroatoms. The van der Waals surface area contributed by atoms with Crippen LogP contribution in [0.25, 0.3) is 0 Å². The summed E-state index contributed by atoms with van der Waals surface area (Å²) in [7, 11) is 1.80. The van der Waals surface area contributed by atoms with Gasteiger partial charge in [-0.15, -0.1) is 0 Å². The molecule has 3 nitrogen and oxygen atoms in total. The molecule has 0 saturated heterocycles. The average Bonchev–Trinajstić information content (AvgIpc) is 2.92. The van der Waals surface area contributed by atoms with E-state index in [2.05, 4.69) is 20.9 Å². The van der Waals surface area contributed by atoms with Crippen molar-refractivity contribution in [3.63, 3.8) is 0 Å². The van der Waals surface area contributed by atoms with Crippen molar-refractivity contribution < 1.29 is 4.79 Å². The molecule has 0 bridgehead atoms. The Labute approximate surface area is 123 Å². The SMILES string of the molecule is CN(C(=O)CCCC1CCCC1)c1ccc(Br)cn1. The molecule has 104 valence electrons. The molecule has 0 atom stereocenters. The van der Waals surface area contributed by atoms with E-state index in [1.54, 1.807) is 18.1 Å². The van der Waals surface area contributed by atoms with Gasteiger partial charge in [-0.1, -0.05) is 25.7 Å². The third-order valence-corrected chi connectivity index (χ3v) is 4.38. The minimum Gasteiger partial charge on any atom is -0.300 e. The number of rotatable bonds is 5. The number of hydrogen-bond acceptors (Lipinski definition) is 2. The summed E-state index contributed by atoms with van der Waals surface area (Å²) in [6.45, 7) is 0. The number of carbonyl (C=O) groups is 1. The molecule has 1 aromatic rings. The van der Waals surface area contributed by atoms with Crippen LogP contribution in [-0.4, -0.2) is 17.9 Å². The summed E-state index contributed by atoms with van der Waals surface area (Å²) < 4.78 is 0.929.